The second-order valence-corrected chi connectivity index (χ2v) is 10.4. The van der Waals surface area contributed by atoms with Gasteiger partial charge in [0.05, 0.1) is 16.7 Å². The van der Waals surface area contributed by atoms with Crippen LogP contribution in [0.2, 0.25) is 0 Å². The maximum Gasteiger partial charge on any atom is 0.175 e. The highest BCUT2D eigenvalue weighted by Crippen LogP contribution is 2.25. The predicted molar refractivity (Wildman–Crippen MR) is 123 cm³/mol. The number of pyridine rings is 1. The average molecular weight is 461 g/mol. The zero-order valence-electron chi connectivity index (χ0n) is 18.4. The molecule has 1 N–H and O–H groups in total. The van der Waals surface area contributed by atoms with Crippen LogP contribution in [0.4, 0.5) is 15.9 Å². The SMILES string of the molecule is Cc1ccc(N2CCC(ONC3=CCN(c4ccc(S(C)(=O)=O)cc4F)CC3)CC2)nc1. The molecule has 2 aliphatic rings. The monoisotopic (exact) mass is 460 g/mol. The number of hydrogen-bond donors (Lipinski definition) is 1. The summed E-state index contributed by atoms with van der Waals surface area (Å²) in [4.78, 5) is 14.6. The van der Waals surface area contributed by atoms with Gasteiger partial charge in [-0.3, -0.25) is 10.3 Å². The number of rotatable bonds is 6. The van der Waals surface area contributed by atoms with E-state index in [-0.39, 0.29) is 11.0 Å². The maximum absolute atomic E-state index is 14.5. The first kappa shape index (κ1) is 22.5. The molecule has 0 amide bonds. The number of sulfone groups is 1. The second-order valence-electron chi connectivity index (χ2n) is 8.41. The molecule has 0 atom stereocenters. The summed E-state index contributed by atoms with van der Waals surface area (Å²) in [6.45, 7) is 4.98. The zero-order valence-corrected chi connectivity index (χ0v) is 19.2. The highest BCUT2D eigenvalue weighted by atomic mass is 32.2. The van der Waals surface area contributed by atoms with E-state index >= 15 is 0 Å². The Morgan fingerprint density at radius 3 is 2.50 bits per heavy atom. The summed E-state index contributed by atoms with van der Waals surface area (Å²) < 4.78 is 37.7. The molecule has 32 heavy (non-hydrogen) atoms. The summed E-state index contributed by atoms with van der Waals surface area (Å²) in [6, 6.07) is 8.21. The number of nitrogens with one attached hydrogen (secondary N) is 1. The van der Waals surface area contributed by atoms with Gasteiger partial charge in [0.1, 0.15) is 11.6 Å². The van der Waals surface area contributed by atoms with Gasteiger partial charge in [-0.05, 0) is 55.7 Å². The molecular weight excluding hydrogens is 431 g/mol. The van der Waals surface area contributed by atoms with Crippen molar-refractivity contribution in [2.45, 2.75) is 37.2 Å². The van der Waals surface area contributed by atoms with Crippen molar-refractivity contribution in [1.29, 1.82) is 0 Å². The molecule has 3 heterocycles. The lowest BCUT2D eigenvalue weighted by molar-refractivity contribution is -0.0216. The van der Waals surface area contributed by atoms with Crippen molar-refractivity contribution < 1.29 is 17.6 Å². The molecule has 0 aliphatic carbocycles. The quantitative estimate of drug-likeness (QED) is 0.664. The molecule has 0 spiro atoms. The van der Waals surface area contributed by atoms with Crippen LogP contribution >= 0.6 is 0 Å². The van der Waals surface area contributed by atoms with Gasteiger partial charge in [0.25, 0.3) is 0 Å². The van der Waals surface area contributed by atoms with Crippen molar-refractivity contribution in [3.63, 3.8) is 0 Å². The highest BCUT2D eigenvalue weighted by Gasteiger charge is 2.22. The van der Waals surface area contributed by atoms with Gasteiger partial charge in [-0.2, -0.15) is 0 Å². The number of hydroxylamine groups is 1. The Bertz CT molecular complexity index is 1080. The van der Waals surface area contributed by atoms with Gasteiger partial charge in [-0.1, -0.05) is 6.07 Å². The number of benzene rings is 1. The Morgan fingerprint density at radius 2 is 1.91 bits per heavy atom. The Morgan fingerprint density at radius 1 is 1.12 bits per heavy atom. The van der Waals surface area contributed by atoms with Crippen molar-refractivity contribution in [3.8, 4) is 0 Å². The van der Waals surface area contributed by atoms with Gasteiger partial charge in [0, 0.05) is 50.7 Å². The van der Waals surface area contributed by atoms with Gasteiger partial charge in [-0.25, -0.2) is 17.8 Å². The van der Waals surface area contributed by atoms with Crippen LogP contribution < -0.4 is 15.3 Å². The second kappa shape index (κ2) is 9.46. The Hall–Kier alpha value is -2.65. The molecule has 172 valence electrons. The summed E-state index contributed by atoms with van der Waals surface area (Å²) in [6.07, 6.45) is 7.62. The lowest BCUT2D eigenvalue weighted by Gasteiger charge is -2.33. The van der Waals surface area contributed by atoms with Crippen LogP contribution in [0.3, 0.4) is 0 Å². The molecule has 0 radical (unpaired) electrons. The van der Waals surface area contributed by atoms with Crippen LogP contribution in [0, 0.1) is 12.7 Å². The minimum Gasteiger partial charge on any atom is -0.365 e. The number of hydrogen-bond acceptors (Lipinski definition) is 7. The molecule has 2 aliphatic heterocycles. The molecule has 0 bridgehead atoms. The van der Waals surface area contributed by atoms with Crippen LogP contribution in [0.25, 0.3) is 0 Å². The standard InChI is InChI=1S/C23H29FN4O3S/c1-17-3-6-23(25-16-17)28-13-9-19(10-14-28)31-26-18-7-11-27(12-8-18)22-5-4-20(15-21(22)24)32(2,29)30/h3-7,15-16,19,26H,8-14H2,1-2H3. The summed E-state index contributed by atoms with van der Waals surface area (Å²) in [7, 11) is -3.42. The van der Waals surface area contributed by atoms with Gasteiger partial charge < -0.3 is 9.80 Å². The Balaban J connectivity index is 1.25. The van der Waals surface area contributed by atoms with Crippen molar-refractivity contribution in [2.24, 2.45) is 0 Å². The van der Waals surface area contributed by atoms with Crippen molar-refractivity contribution in [2.75, 3.05) is 42.2 Å². The van der Waals surface area contributed by atoms with Crippen LogP contribution in [-0.2, 0) is 14.7 Å². The molecule has 0 saturated carbocycles. The largest absolute Gasteiger partial charge is 0.365 e. The molecule has 7 nitrogen and oxygen atoms in total. The first-order chi connectivity index (χ1) is 15.3. The van der Waals surface area contributed by atoms with E-state index in [2.05, 4.69) is 27.5 Å². The topological polar surface area (TPSA) is 74.8 Å². The molecule has 1 aromatic carbocycles. The van der Waals surface area contributed by atoms with E-state index < -0.39 is 15.7 Å². The summed E-state index contributed by atoms with van der Waals surface area (Å²) in [5, 5.41) is 0. The molecule has 1 fully saturated rings. The fraction of sp³-hybridized carbons (Fsp3) is 0.435. The molecule has 0 unspecified atom stereocenters. The Kier molecular flexibility index (Phi) is 6.66. The number of aryl methyl sites for hydroxylation is 1. The minimum absolute atomic E-state index is 0.00809. The van der Waals surface area contributed by atoms with Gasteiger partial charge >= 0.3 is 0 Å². The fourth-order valence-electron chi connectivity index (χ4n) is 3.96. The van der Waals surface area contributed by atoms with E-state index in [4.69, 9.17) is 4.84 Å². The summed E-state index contributed by atoms with van der Waals surface area (Å²) >= 11 is 0. The third-order valence-corrected chi connectivity index (χ3v) is 7.03. The highest BCUT2D eigenvalue weighted by molar-refractivity contribution is 7.90. The third-order valence-electron chi connectivity index (χ3n) is 5.92. The fourth-order valence-corrected chi connectivity index (χ4v) is 4.60. The van der Waals surface area contributed by atoms with E-state index in [1.165, 1.54) is 12.1 Å². The lowest BCUT2D eigenvalue weighted by atomic mass is 10.1. The molecule has 1 aromatic heterocycles. The van der Waals surface area contributed by atoms with Gasteiger partial charge in [0.2, 0.25) is 0 Å². The molecule has 9 heteroatoms. The molecule has 4 rings (SSSR count). The number of halogens is 1. The van der Waals surface area contributed by atoms with E-state index in [1.54, 1.807) is 0 Å². The van der Waals surface area contributed by atoms with Gasteiger partial charge in [0.15, 0.2) is 9.84 Å². The number of nitrogens with zero attached hydrogens (tertiary/aromatic N) is 3. The minimum atomic E-state index is -3.42. The smallest absolute Gasteiger partial charge is 0.175 e. The van der Waals surface area contributed by atoms with Crippen LogP contribution in [0.5, 0.6) is 0 Å². The van der Waals surface area contributed by atoms with Crippen LogP contribution in [-0.4, -0.2) is 51.9 Å². The zero-order chi connectivity index (χ0) is 22.7. The Labute approximate surface area is 188 Å². The number of anilines is 2. The molecule has 1 saturated heterocycles. The first-order valence-electron chi connectivity index (χ1n) is 10.8. The van der Waals surface area contributed by atoms with Crippen molar-refractivity contribution in [1.82, 2.24) is 10.5 Å². The van der Waals surface area contributed by atoms with Crippen LogP contribution in [0.15, 0.2) is 53.2 Å². The van der Waals surface area contributed by atoms with Gasteiger partial charge in [-0.15, -0.1) is 0 Å². The molecule has 2 aromatic rings. The third kappa shape index (κ3) is 5.39. The first-order valence-corrected chi connectivity index (χ1v) is 12.7. The van der Waals surface area contributed by atoms with E-state index in [0.29, 0.717) is 25.2 Å². The van der Waals surface area contributed by atoms with Crippen molar-refractivity contribution >= 4 is 21.3 Å². The average Bonchev–Trinajstić information content (AvgIpc) is 2.78. The van der Waals surface area contributed by atoms with E-state index in [1.807, 2.05) is 24.1 Å². The summed E-state index contributed by atoms with van der Waals surface area (Å²) in [5.41, 5.74) is 5.64. The number of piperidine rings is 1. The molecular formula is C23H29FN4O3S. The number of aromatic nitrogens is 1. The lowest BCUT2D eigenvalue weighted by Crippen LogP contribution is -2.40. The summed E-state index contributed by atoms with van der Waals surface area (Å²) in [5.74, 6) is 0.484. The van der Waals surface area contributed by atoms with Crippen LogP contribution in [0.1, 0.15) is 24.8 Å². The van der Waals surface area contributed by atoms with E-state index in [0.717, 1.165) is 55.3 Å². The van der Waals surface area contributed by atoms with Crippen molar-refractivity contribution in [3.05, 3.63) is 59.7 Å². The normalized spacial score (nSPS) is 17.9. The predicted octanol–water partition coefficient (Wildman–Crippen LogP) is 3.22. The van der Waals surface area contributed by atoms with E-state index in [9.17, 15) is 12.8 Å². The maximum atomic E-state index is 14.5.